The fraction of sp³-hybridized carbons (Fsp3) is 0.370. The van der Waals surface area contributed by atoms with Crippen molar-refractivity contribution in [2.24, 2.45) is 5.92 Å². The van der Waals surface area contributed by atoms with Crippen molar-refractivity contribution in [3.05, 3.63) is 60.3 Å². The molecule has 0 unspecified atom stereocenters. The molecular formula is C27H31NOSi. The van der Waals surface area contributed by atoms with Gasteiger partial charge in [-0.25, -0.2) is 0 Å². The Hall–Kier alpha value is -2.39. The first kappa shape index (κ1) is 19.6. The van der Waals surface area contributed by atoms with Crippen molar-refractivity contribution >= 4 is 35.2 Å². The Labute approximate surface area is 180 Å². The number of para-hydroxylation sites is 1. The van der Waals surface area contributed by atoms with Gasteiger partial charge < -0.3 is 4.42 Å². The minimum Gasteiger partial charge on any atom is -0.456 e. The van der Waals surface area contributed by atoms with Crippen LogP contribution in [0.1, 0.15) is 37.7 Å². The molecule has 30 heavy (non-hydrogen) atoms. The summed E-state index contributed by atoms with van der Waals surface area (Å²) in [6, 6.07) is 17.2. The van der Waals surface area contributed by atoms with Gasteiger partial charge in [0.2, 0.25) is 0 Å². The number of pyridine rings is 1. The number of benzene rings is 2. The molecule has 0 bridgehead atoms. The number of aromatic nitrogens is 1. The van der Waals surface area contributed by atoms with E-state index in [2.05, 4.69) is 62.2 Å². The Morgan fingerprint density at radius 3 is 2.47 bits per heavy atom. The fourth-order valence-electron chi connectivity index (χ4n) is 5.09. The Morgan fingerprint density at radius 2 is 1.67 bits per heavy atom. The Morgan fingerprint density at radius 1 is 0.900 bits per heavy atom. The van der Waals surface area contributed by atoms with Gasteiger partial charge in [0.1, 0.15) is 11.2 Å². The van der Waals surface area contributed by atoms with Crippen LogP contribution in [0.25, 0.3) is 33.2 Å². The second kappa shape index (κ2) is 7.70. The van der Waals surface area contributed by atoms with E-state index in [0.29, 0.717) is 0 Å². The minimum absolute atomic E-state index is 0.837. The highest BCUT2D eigenvalue weighted by atomic mass is 28.3. The third-order valence-electron chi connectivity index (χ3n) is 6.70. The SMILES string of the molecule is C[Si](C)(C)c1cnc(-c2ccc3oc4ccccc4c3c2)cc1CC1CCCCC1. The summed E-state index contributed by atoms with van der Waals surface area (Å²) in [6.45, 7) is 7.33. The van der Waals surface area contributed by atoms with Crippen LogP contribution < -0.4 is 5.19 Å². The summed E-state index contributed by atoms with van der Waals surface area (Å²) in [4.78, 5) is 4.94. The van der Waals surface area contributed by atoms with Crippen molar-refractivity contribution in [3.63, 3.8) is 0 Å². The van der Waals surface area contributed by atoms with Crippen LogP contribution in [0.15, 0.2) is 59.1 Å². The molecule has 0 radical (unpaired) electrons. The average Bonchev–Trinajstić information content (AvgIpc) is 3.11. The quantitative estimate of drug-likeness (QED) is 0.328. The third-order valence-corrected chi connectivity index (χ3v) is 8.77. The normalized spacial score (nSPS) is 15.8. The molecule has 2 nitrogen and oxygen atoms in total. The van der Waals surface area contributed by atoms with Gasteiger partial charge in [-0.3, -0.25) is 4.98 Å². The Balaban J connectivity index is 1.58. The van der Waals surface area contributed by atoms with Gasteiger partial charge >= 0.3 is 0 Å². The maximum absolute atomic E-state index is 6.02. The average molecular weight is 414 g/mol. The van der Waals surface area contributed by atoms with Crippen molar-refractivity contribution in [3.8, 4) is 11.3 Å². The maximum Gasteiger partial charge on any atom is 0.135 e. The van der Waals surface area contributed by atoms with Crippen LogP contribution >= 0.6 is 0 Å². The highest BCUT2D eigenvalue weighted by Gasteiger charge is 2.24. The molecule has 1 aliphatic rings. The molecule has 0 amide bonds. The van der Waals surface area contributed by atoms with Crippen LogP contribution in [0.2, 0.25) is 19.6 Å². The molecule has 1 aliphatic carbocycles. The van der Waals surface area contributed by atoms with Gasteiger partial charge in [-0.05, 0) is 53.4 Å². The zero-order chi connectivity index (χ0) is 20.7. The van der Waals surface area contributed by atoms with Crippen molar-refractivity contribution in [2.45, 2.75) is 58.2 Å². The minimum atomic E-state index is -1.43. The Bertz CT molecular complexity index is 1190. The zero-order valence-corrected chi connectivity index (χ0v) is 19.4. The van der Waals surface area contributed by atoms with E-state index < -0.39 is 8.07 Å². The van der Waals surface area contributed by atoms with Crippen LogP contribution in [-0.2, 0) is 6.42 Å². The van der Waals surface area contributed by atoms with E-state index in [1.54, 1.807) is 5.56 Å². The molecule has 4 aromatic rings. The lowest BCUT2D eigenvalue weighted by Gasteiger charge is -2.26. The maximum atomic E-state index is 6.02. The summed E-state index contributed by atoms with van der Waals surface area (Å²) in [5.74, 6) is 0.837. The fourth-order valence-corrected chi connectivity index (χ4v) is 6.68. The molecule has 2 aromatic heterocycles. The van der Waals surface area contributed by atoms with Gasteiger partial charge in [0.15, 0.2) is 0 Å². The molecule has 2 heterocycles. The molecule has 2 aromatic carbocycles. The van der Waals surface area contributed by atoms with E-state index >= 15 is 0 Å². The van der Waals surface area contributed by atoms with E-state index in [1.807, 2.05) is 12.1 Å². The summed E-state index contributed by atoms with van der Waals surface area (Å²) in [5, 5.41) is 3.88. The largest absolute Gasteiger partial charge is 0.456 e. The van der Waals surface area contributed by atoms with Gasteiger partial charge in [0, 0.05) is 22.5 Å². The molecule has 0 N–H and O–H groups in total. The van der Waals surface area contributed by atoms with E-state index in [1.165, 1.54) is 60.0 Å². The first-order valence-electron chi connectivity index (χ1n) is 11.4. The lowest BCUT2D eigenvalue weighted by molar-refractivity contribution is 0.357. The summed E-state index contributed by atoms with van der Waals surface area (Å²) in [6.07, 6.45) is 10.4. The summed E-state index contributed by atoms with van der Waals surface area (Å²) in [7, 11) is -1.43. The van der Waals surface area contributed by atoms with E-state index in [9.17, 15) is 0 Å². The smallest absolute Gasteiger partial charge is 0.135 e. The zero-order valence-electron chi connectivity index (χ0n) is 18.4. The van der Waals surface area contributed by atoms with E-state index in [0.717, 1.165) is 22.8 Å². The molecule has 0 spiro atoms. The van der Waals surface area contributed by atoms with Crippen molar-refractivity contribution < 1.29 is 4.42 Å². The number of fused-ring (bicyclic) bond motifs is 3. The predicted molar refractivity (Wildman–Crippen MR) is 130 cm³/mol. The highest BCUT2D eigenvalue weighted by molar-refractivity contribution is 6.89. The van der Waals surface area contributed by atoms with Crippen LogP contribution in [-0.4, -0.2) is 13.1 Å². The van der Waals surface area contributed by atoms with Crippen LogP contribution in [0.4, 0.5) is 0 Å². The monoisotopic (exact) mass is 413 g/mol. The lowest BCUT2D eigenvalue weighted by Crippen LogP contribution is -2.41. The summed E-state index contributed by atoms with van der Waals surface area (Å²) in [5.41, 5.74) is 5.71. The highest BCUT2D eigenvalue weighted by Crippen LogP contribution is 2.33. The lowest BCUT2D eigenvalue weighted by atomic mass is 9.85. The molecule has 3 heteroatoms. The third kappa shape index (κ3) is 3.71. The van der Waals surface area contributed by atoms with Gasteiger partial charge in [0.05, 0.1) is 13.8 Å². The molecule has 154 valence electrons. The van der Waals surface area contributed by atoms with Crippen molar-refractivity contribution in [2.75, 3.05) is 0 Å². The first-order chi connectivity index (χ1) is 14.5. The van der Waals surface area contributed by atoms with Crippen molar-refractivity contribution in [1.29, 1.82) is 0 Å². The standard InChI is InChI=1S/C27H31NOSi/c1-30(2,3)27-18-28-24(17-21(27)15-19-9-5-4-6-10-19)20-13-14-26-23(16-20)22-11-7-8-12-25(22)29-26/h7-8,11-14,16-19H,4-6,9-10,15H2,1-3H3. The summed E-state index contributed by atoms with van der Waals surface area (Å²) >= 11 is 0. The first-order valence-corrected chi connectivity index (χ1v) is 14.9. The molecule has 0 saturated heterocycles. The van der Waals surface area contributed by atoms with Crippen molar-refractivity contribution in [1.82, 2.24) is 4.98 Å². The van der Waals surface area contributed by atoms with Gasteiger partial charge in [-0.15, -0.1) is 0 Å². The van der Waals surface area contributed by atoms with E-state index in [-0.39, 0.29) is 0 Å². The number of furan rings is 1. The number of nitrogens with zero attached hydrogens (tertiary/aromatic N) is 1. The van der Waals surface area contributed by atoms with Gasteiger partial charge in [-0.2, -0.15) is 0 Å². The number of hydrogen-bond donors (Lipinski definition) is 0. The summed E-state index contributed by atoms with van der Waals surface area (Å²) < 4.78 is 6.02. The number of hydrogen-bond acceptors (Lipinski definition) is 2. The van der Waals surface area contributed by atoms with Crippen LogP contribution in [0, 0.1) is 5.92 Å². The molecule has 1 fully saturated rings. The Kier molecular flexibility index (Phi) is 5.02. The van der Waals surface area contributed by atoms with E-state index in [4.69, 9.17) is 9.40 Å². The molecule has 0 aliphatic heterocycles. The van der Waals surface area contributed by atoms with Gasteiger partial charge in [-0.1, -0.05) is 69.9 Å². The second-order valence-electron chi connectivity index (χ2n) is 9.99. The van der Waals surface area contributed by atoms with Gasteiger partial charge in [0.25, 0.3) is 0 Å². The molecular weight excluding hydrogens is 382 g/mol. The number of rotatable bonds is 4. The topological polar surface area (TPSA) is 26.0 Å². The second-order valence-corrected chi connectivity index (χ2v) is 15.0. The molecule has 5 rings (SSSR count). The van der Waals surface area contributed by atoms with Crippen LogP contribution in [0.3, 0.4) is 0 Å². The molecule has 1 saturated carbocycles. The van der Waals surface area contributed by atoms with Crippen LogP contribution in [0.5, 0.6) is 0 Å². The predicted octanol–water partition coefficient (Wildman–Crippen LogP) is 7.32. The molecule has 0 atom stereocenters.